The van der Waals surface area contributed by atoms with Crippen LogP contribution in [0.1, 0.15) is 24.9 Å². The lowest BCUT2D eigenvalue weighted by Crippen LogP contribution is -2.05. The van der Waals surface area contributed by atoms with Crippen molar-refractivity contribution < 1.29 is 25.8 Å². The smallest absolute Gasteiger partial charge is 0.416 e. The van der Waals surface area contributed by atoms with Crippen LogP contribution in [0.5, 0.6) is 0 Å². The Morgan fingerprint density at radius 3 is 2.33 bits per heavy atom. The first kappa shape index (κ1) is 17.8. The Morgan fingerprint density at radius 1 is 0.667 bits per heavy atom. The Hall–Kier alpha value is -4.64. The molecule has 0 radical (unpaired) electrons. The molecule has 2 heterocycles. The van der Waals surface area contributed by atoms with E-state index in [0.29, 0.717) is 22.8 Å². The first-order valence-corrected chi connectivity index (χ1v) is 12.2. The Balaban J connectivity index is 1.47. The number of nitrogens with zero attached hydrogens (tertiary/aromatic N) is 1. The summed E-state index contributed by atoms with van der Waals surface area (Å²) < 4.78 is 95.3. The van der Waals surface area contributed by atoms with E-state index in [1.165, 1.54) is 6.07 Å². The molecule has 0 saturated heterocycles. The molecule has 0 fully saturated rings. The quantitative estimate of drug-likeness (QED) is 0.211. The van der Waals surface area contributed by atoms with Crippen LogP contribution < -0.4 is 0 Å². The second-order valence-corrected chi connectivity index (χ2v) is 9.51. The number of halogens is 3. The number of aryl methyl sites for hydroxylation is 2. The van der Waals surface area contributed by atoms with E-state index in [2.05, 4.69) is 11.1 Å². The van der Waals surface area contributed by atoms with E-state index in [1.54, 1.807) is 6.07 Å². The summed E-state index contributed by atoms with van der Waals surface area (Å²) in [5.41, 5.74) is -0.338. The third kappa shape index (κ3) is 3.76. The van der Waals surface area contributed by atoms with E-state index < -0.39 is 31.0 Å². The first-order valence-electron chi connectivity index (χ1n) is 15.2. The van der Waals surface area contributed by atoms with Crippen LogP contribution in [-0.2, 0) is 6.18 Å². The summed E-state index contributed by atoms with van der Waals surface area (Å²) in [5, 5.41) is 5.86. The fraction of sp³-hybridized carbons (Fsp3) is 0.0882. The molecule has 5 heteroatoms. The molecule has 0 atom stereocenters. The maximum atomic E-state index is 13.6. The van der Waals surface area contributed by atoms with Crippen molar-refractivity contribution in [3.63, 3.8) is 0 Å². The van der Waals surface area contributed by atoms with Gasteiger partial charge in [0, 0.05) is 30.8 Å². The van der Waals surface area contributed by atoms with Crippen LogP contribution in [0.4, 0.5) is 13.2 Å². The summed E-state index contributed by atoms with van der Waals surface area (Å²) in [5.74, 6) is 0. The highest BCUT2D eigenvalue weighted by atomic mass is 19.4. The number of fused-ring (bicyclic) bond motifs is 6. The average molecular weight is 524 g/mol. The summed E-state index contributed by atoms with van der Waals surface area (Å²) in [7, 11) is 0. The van der Waals surface area contributed by atoms with Gasteiger partial charge in [-0.1, -0.05) is 54.6 Å². The minimum Gasteiger partial charge on any atom is -0.455 e. The van der Waals surface area contributed by atoms with E-state index in [9.17, 15) is 13.2 Å². The third-order valence-corrected chi connectivity index (χ3v) is 7.18. The maximum absolute atomic E-state index is 13.6. The molecule has 0 aliphatic carbocycles. The molecule has 0 spiro atoms. The predicted octanol–water partition coefficient (Wildman–Crippen LogP) is 10.3. The van der Waals surface area contributed by atoms with Gasteiger partial charge in [-0.2, -0.15) is 13.2 Å². The van der Waals surface area contributed by atoms with Gasteiger partial charge in [-0.05, 0) is 93.9 Å². The highest BCUT2D eigenvalue weighted by molar-refractivity contribution is 6.17. The largest absolute Gasteiger partial charge is 0.455 e. The third-order valence-electron chi connectivity index (χ3n) is 7.18. The molecule has 5 aromatic carbocycles. The molecule has 0 N–H and O–H groups in total. The molecule has 0 aliphatic rings. The summed E-state index contributed by atoms with van der Waals surface area (Å²) >= 11 is 0. The van der Waals surface area contributed by atoms with Crippen molar-refractivity contribution in [2.75, 3.05) is 0 Å². The summed E-state index contributed by atoms with van der Waals surface area (Å²) in [6, 6.07) is 25.4. The summed E-state index contributed by atoms with van der Waals surface area (Å²) in [6.45, 7) is -5.69. The lowest BCUT2D eigenvalue weighted by molar-refractivity contribution is -0.137. The van der Waals surface area contributed by atoms with Gasteiger partial charge in [-0.3, -0.25) is 4.98 Å². The van der Waals surface area contributed by atoms with Gasteiger partial charge in [-0.15, -0.1) is 0 Å². The lowest BCUT2D eigenvalue weighted by atomic mass is 9.94. The lowest BCUT2D eigenvalue weighted by Gasteiger charge is -2.14. The number of pyridine rings is 1. The Labute approximate surface area is 230 Å². The van der Waals surface area contributed by atoms with E-state index in [1.807, 2.05) is 54.6 Å². The van der Waals surface area contributed by atoms with Crippen LogP contribution in [0.2, 0.25) is 0 Å². The summed E-state index contributed by atoms with van der Waals surface area (Å²) in [4.78, 5) is 4.43. The normalized spacial score (nSPS) is 15.2. The van der Waals surface area contributed by atoms with Crippen LogP contribution in [-0.4, -0.2) is 4.98 Å². The van der Waals surface area contributed by atoms with E-state index >= 15 is 0 Å². The molecule has 2 aromatic heterocycles. The molecule has 0 unspecified atom stereocenters. The topological polar surface area (TPSA) is 26.0 Å². The van der Waals surface area contributed by atoms with Gasteiger partial charge in [0.25, 0.3) is 0 Å². The number of benzene rings is 5. The van der Waals surface area contributed by atoms with E-state index in [-0.39, 0.29) is 22.4 Å². The van der Waals surface area contributed by atoms with Crippen molar-refractivity contribution in [2.24, 2.45) is 0 Å². The molecule has 7 rings (SSSR count). The number of furan rings is 1. The van der Waals surface area contributed by atoms with Crippen molar-refractivity contribution in [3.8, 4) is 22.4 Å². The van der Waals surface area contributed by atoms with Crippen LogP contribution in [0.25, 0.3) is 65.9 Å². The fourth-order valence-electron chi connectivity index (χ4n) is 5.28. The van der Waals surface area contributed by atoms with Gasteiger partial charge in [0.1, 0.15) is 11.2 Å². The second-order valence-electron chi connectivity index (χ2n) is 9.51. The highest BCUT2D eigenvalue weighted by Gasteiger charge is 2.30. The molecule has 0 bridgehead atoms. The number of hydrogen-bond donors (Lipinski definition) is 0. The zero-order chi connectivity index (χ0) is 31.9. The van der Waals surface area contributed by atoms with Gasteiger partial charge in [-0.25, -0.2) is 0 Å². The van der Waals surface area contributed by atoms with E-state index in [0.717, 1.165) is 50.6 Å². The van der Waals surface area contributed by atoms with Gasteiger partial charge in [0.2, 0.25) is 0 Å². The second kappa shape index (κ2) is 8.43. The van der Waals surface area contributed by atoms with Gasteiger partial charge in [0.15, 0.2) is 0 Å². The maximum Gasteiger partial charge on any atom is 0.416 e. The molecule has 7 aromatic rings. The number of alkyl halides is 3. The van der Waals surface area contributed by atoms with Crippen LogP contribution in [0.3, 0.4) is 0 Å². The van der Waals surface area contributed by atoms with Gasteiger partial charge < -0.3 is 4.42 Å². The molecule has 39 heavy (non-hydrogen) atoms. The van der Waals surface area contributed by atoms with Crippen LogP contribution >= 0.6 is 0 Å². The van der Waals surface area contributed by atoms with Crippen LogP contribution in [0.15, 0.2) is 102 Å². The molecule has 0 saturated carbocycles. The minimum atomic E-state index is -4.79. The molecule has 2 nitrogen and oxygen atoms in total. The number of hydrogen-bond acceptors (Lipinski definition) is 2. The Kier molecular flexibility index (Phi) is 3.85. The van der Waals surface area contributed by atoms with Gasteiger partial charge >= 0.3 is 6.18 Å². The first-order chi connectivity index (χ1) is 21.2. The number of para-hydroxylation sites is 1. The zero-order valence-corrected chi connectivity index (χ0v) is 20.2. The van der Waals surface area contributed by atoms with Crippen molar-refractivity contribution >= 4 is 43.5 Å². The van der Waals surface area contributed by atoms with Crippen molar-refractivity contribution in [3.05, 3.63) is 114 Å². The SMILES string of the molecule is [2H]C([2H])([2H])c1cnc(-c2cccc3c2oc2cc4c(ccc5ccccc54)cc23)cc1-c1ccc(C(F)(F)F)cc1C([2H])([2H])[2H]. The van der Waals surface area contributed by atoms with Gasteiger partial charge in [0.05, 0.1) is 11.3 Å². The summed E-state index contributed by atoms with van der Waals surface area (Å²) in [6.07, 6.45) is -3.66. The molecule has 0 amide bonds. The average Bonchev–Trinajstić information content (AvgIpc) is 3.35. The Bertz CT molecular complexity index is 2300. The standard InChI is InChI=1S/C34H22F3NO/c1-19-14-23(34(35,36)37)12-13-24(19)28-16-31(38-18-20(28)2)27-9-5-8-26-30-15-22-11-10-21-6-3-4-7-25(21)29(22)17-32(30)39-33(26)27/h3-18H,1-2H3/i1D3,2D3. The van der Waals surface area contributed by atoms with Crippen molar-refractivity contribution in [2.45, 2.75) is 19.9 Å². The van der Waals surface area contributed by atoms with Crippen molar-refractivity contribution in [1.82, 2.24) is 4.98 Å². The van der Waals surface area contributed by atoms with Crippen LogP contribution in [0, 0.1) is 13.7 Å². The fourth-order valence-corrected chi connectivity index (χ4v) is 5.28. The van der Waals surface area contributed by atoms with Crippen molar-refractivity contribution in [1.29, 1.82) is 0 Å². The Morgan fingerprint density at radius 2 is 1.49 bits per heavy atom. The predicted molar refractivity (Wildman–Crippen MR) is 152 cm³/mol. The zero-order valence-electron chi connectivity index (χ0n) is 26.2. The highest BCUT2D eigenvalue weighted by Crippen LogP contribution is 2.40. The number of rotatable bonds is 2. The van der Waals surface area contributed by atoms with E-state index in [4.69, 9.17) is 12.6 Å². The monoisotopic (exact) mass is 523 g/mol. The minimum absolute atomic E-state index is 0.0508. The molecule has 0 aliphatic heterocycles. The molecular formula is C34H22F3NO. The number of aromatic nitrogens is 1. The molecular weight excluding hydrogens is 495 g/mol. The molecule has 190 valence electrons.